The molecular weight excluding hydrogens is 427 g/mol. The number of rotatable bonds is 6. The highest BCUT2D eigenvalue weighted by Gasteiger charge is 2.39. The van der Waals surface area contributed by atoms with Gasteiger partial charge in [-0.15, -0.1) is 11.3 Å². The van der Waals surface area contributed by atoms with Crippen molar-refractivity contribution in [3.05, 3.63) is 69.7 Å². The van der Waals surface area contributed by atoms with Crippen LogP contribution in [0.5, 0.6) is 0 Å². The van der Waals surface area contributed by atoms with E-state index in [4.69, 9.17) is 4.84 Å². The van der Waals surface area contributed by atoms with Crippen molar-refractivity contribution < 1.29 is 22.8 Å². The highest BCUT2D eigenvalue weighted by Crippen LogP contribution is 2.35. The zero-order chi connectivity index (χ0) is 22.6. The van der Waals surface area contributed by atoms with Crippen molar-refractivity contribution >= 4 is 29.1 Å². The van der Waals surface area contributed by atoms with Gasteiger partial charge in [0.25, 0.3) is 5.91 Å². The molecule has 3 aromatic rings. The van der Waals surface area contributed by atoms with E-state index in [1.165, 1.54) is 6.92 Å². The number of aryl methyl sites for hydroxylation is 1. The molecule has 0 fully saturated rings. The van der Waals surface area contributed by atoms with E-state index >= 15 is 0 Å². The van der Waals surface area contributed by atoms with Crippen LogP contribution in [0.1, 0.15) is 39.8 Å². The van der Waals surface area contributed by atoms with Crippen LogP contribution in [0.2, 0.25) is 0 Å². The second kappa shape index (κ2) is 9.30. The number of para-hydroxylation sites is 1. The van der Waals surface area contributed by atoms with Gasteiger partial charge in [0.15, 0.2) is 5.69 Å². The Morgan fingerprint density at radius 2 is 1.84 bits per heavy atom. The van der Waals surface area contributed by atoms with Crippen LogP contribution in [0.25, 0.3) is 11.1 Å². The number of carbonyl (C=O) groups excluding carboxylic acids is 1. The fourth-order valence-electron chi connectivity index (χ4n) is 2.76. The number of thiazole rings is 1. The van der Waals surface area contributed by atoms with Crippen LogP contribution < -0.4 is 5.32 Å². The zero-order valence-corrected chi connectivity index (χ0v) is 17.8. The van der Waals surface area contributed by atoms with Crippen molar-refractivity contribution in [1.82, 2.24) is 4.98 Å². The predicted molar refractivity (Wildman–Crippen MR) is 115 cm³/mol. The molecule has 2 aromatic carbocycles. The molecule has 1 amide bonds. The number of benzene rings is 2. The van der Waals surface area contributed by atoms with Gasteiger partial charge in [-0.2, -0.15) is 13.2 Å². The lowest BCUT2D eigenvalue weighted by atomic mass is 10.0. The maximum Gasteiger partial charge on any atom is 0.435 e. The van der Waals surface area contributed by atoms with E-state index in [-0.39, 0.29) is 11.1 Å². The number of hydrogen-bond donors (Lipinski definition) is 1. The standard InChI is InChI=1S/C22H20F3N3O2S/c1-13(2)30-26-12-15-8-10-16(11-9-15)17-6-4-5-7-18(17)28-21(29)19-20(22(23,24)25)27-14(3)31-19/h4-13H,1-3H3,(H,28,29). The second-order valence-electron chi connectivity index (χ2n) is 6.92. The van der Waals surface area contributed by atoms with Crippen molar-refractivity contribution in [1.29, 1.82) is 0 Å². The topological polar surface area (TPSA) is 63.6 Å². The van der Waals surface area contributed by atoms with Gasteiger partial charge in [0.2, 0.25) is 0 Å². The third-order valence-corrected chi connectivity index (χ3v) is 5.05. The van der Waals surface area contributed by atoms with E-state index < -0.39 is 22.7 Å². The maximum absolute atomic E-state index is 13.2. The molecule has 0 aliphatic carbocycles. The quantitative estimate of drug-likeness (QED) is 0.364. The Labute approximate surface area is 181 Å². The number of amides is 1. The van der Waals surface area contributed by atoms with Crippen LogP contribution in [0.4, 0.5) is 18.9 Å². The van der Waals surface area contributed by atoms with E-state index in [0.717, 1.165) is 11.1 Å². The first-order valence-corrected chi connectivity index (χ1v) is 10.2. The minimum absolute atomic E-state index is 0.0220. The van der Waals surface area contributed by atoms with Crippen LogP contribution in [0, 0.1) is 6.92 Å². The lowest BCUT2D eigenvalue weighted by Crippen LogP contribution is -2.17. The number of nitrogens with zero attached hydrogens (tertiary/aromatic N) is 2. The Kier molecular flexibility index (Phi) is 6.74. The molecule has 1 aromatic heterocycles. The molecule has 9 heteroatoms. The molecule has 1 heterocycles. The number of nitrogens with one attached hydrogen (secondary N) is 1. The molecule has 0 saturated carbocycles. The van der Waals surface area contributed by atoms with E-state index in [2.05, 4.69) is 15.5 Å². The summed E-state index contributed by atoms with van der Waals surface area (Å²) < 4.78 is 39.7. The molecule has 3 rings (SSSR count). The molecular formula is C22H20F3N3O2S. The predicted octanol–water partition coefficient (Wildman–Crippen LogP) is 6.15. The summed E-state index contributed by atoms with van der Waals surface area (Å²) in [5.41, 5.74) is 1.51. The van der Waals surface area contributed by atoms with Gasteiger partial charge in [-0.3, -0.25) is 4.79 Å². The molecule has 0 spiro atoms. The first kappa shape index (κ1) is 22.5. The fourth-order valence-corrected chi connectivity index (χ4v) is 3.59. The number of oxime groups is 1. The molecule has 0 aliphatic heterocycles. The Morgan fingerprint density at radius 1 is 1.16 bits per heavy atom. The zero-order valence-electron chi connectivity index (χ0n) is 17.0. The number of carbonyl (C=O) groups is 1. The van der Waals surface area contributed by atoms with E-state index in [9.17, 15) is 18.0 Å². The molecule has 0 bridgehead atoms. The lowest BCUT2D eigenvalue weighted by molar-refractivity contribution is -0.141. The van der Waals surface area contributed by atoms with Gasteiger partial charge in [-0.25, -0.2) is 4.98 Å². The largest absolute Gasteiger partial charge is 0.435 e. The summed E-state index contributed by atoms with van der Waals surface area (Å²) in [4.78, 5) is 20.8. The highest BCUT2D eigenvalue weighted by molar-refractivity contribution is 7.13. The van der Waals surface area contributed by atoms with Gasteiger partial charge < -0.3 is 10.2 Å². The van der Waals surface area contributed by atoms with Crippen LogP contribution >= 0.6 is 11.3 Å². The molecule has 1 N–H and O–H groups in total. The van der Waals surface area contributed by atoms with Crippen molar-refractivity contribution in [2.45, 2.75) is 33.1 Å². The minimum atomic E-state index is -4.70. The number of alkyl halides is 3. The third kappa shape index (κ3) is 5.69. The fraction of sp³-hybridized carbons (Fsp3) is 0.227. The van der Waals surface area contributed by atoms with Gasteiger partial charge in [0, 0.05) is 11.3 Å². The Bertz CT molecular complexity index is 1090. The smallest absolute Gasteiger partial charge is 0.393 e. The SMILES string of the molecule is Cc1nc(C(F)(F)F)c(C(=O)Nc2ccccc2-c2ccc(C=NOC(C)C)cc2)s1. The van der Waals surface area contributed by atoms with Crippen LogP contribution in [0.15, 0.2) is 53.7 Å². The van der Waals surface area contributed by atoms with Gasteiger partial charge in [0.1, 0.15) is 11.0 Å². The average Bonchev–Trinajstić information content (AvgIpc) is 3.11. The van der Waals surface area contributed by atoms with Crippen molar-refractivity contribution in [3.63, 3.8) is 0 Å². The maximum atomic E-state index is 13.2. The molecule has 0 radical (unpaired) electrons. The molecule has 162 valence electrons. The first-order valence-electron chi connectivity index (χ1n) is 9.40. The molecule has 0 atom stereocenters. The van der Waals surface area contributed by atoms with Crippen molar-refractivity contribution in [3.8, 4) is 11.1 Å². The van der Waals surface area contributed by atoms with Crippen LogP contribution in [-0.2, 0) is 11.0 Å². The molecule has 0 saturated heterocycles. The van der Waals surface area contributed by atoms with Crippen molar-refractivity contribution in [2.24, 2.45) is 5.16 Å². The number of anilines is 1. The lowest BCUT2D eigenvalue weighted by Gasteiger charge is -2.12. The van der Waals surface area contributed by atoms with E-state index in [1.807, 2.05) is 38.1 Å². The third-order valence-electron chi connectivity index (χ3n) is 4.08. The van der Waals surface area contributed by atoms with Crippen LogP contribution in [0.3, 0.4) is 0 Å². The normalized spacial score (nSPS) is 11.8. The summed E-state index contributed by atoms with van der Waals surface area (Å²) in [6.07, 6.45) is -3.14. The minimum Gasteiger partial charge on any atom is -0.393 e. The van der Waals surface area contributed by atoms with Gasteiger partial charge in [-0.05, 0) is 38.0 Å². The van der Waals surface area contributed by atoms with E-state index in [1.54, 1.807) is 30.5 Å². The summed E-state index contributed by atoms with van der Waals surface area (Å²) in [7, 11) is 0. The van der Waals surface area contributed by atoms with Crippen molar-refractivity contribution in [2.75, 3.05) is 5.32 Å². The average molecular weight is 447 g/mol. The van der Waals surface area contributed by atoms with Gasteiger partial charge in [-0.1, -0.05) is 47.6 Å². The summed E-state index contributed by atoms with van der Waals surface area (Å²) in [6, 6.07) is 14.2. The second-order valence-corrected chi connectivity index (χ2v) is 8.12. The Hall–Kier alpha value is -3.20. The van der Waals surface area contributed by atoms with Gasteiger partial charge >= 0.3 is 6.18 Å². The van der Waals surface area contributed by atoms with Crippen LogP contribution in [-0.4, -0.2) is 23.2 Å². The number of halogens is 3. The molecule has 5 nitrogen and oxygen atoms in total. The molecule has 31 heavy (non-hydrogen) atoms. The summed E-state index contributed by atoms with van der Waals surface area (Å²) in [6.45, 7) is 5.18. The highest BCUT2D eigenvalue weighted by atomic mass is 32.1. The number of aromatic nitrogens is 1. The van der Waals surface area contributed by atoms with Gasteiger partial charge in [0.05, 0.1) is 11.2 Å². The summed E-state index contributed by atoms with van der Waals surface area (Å²) in [5.74, 6) is -0.847. The monoisotopic (exact) mass is 447 g/mol. The Balaban J connectivity index is 1.85. The first-order chi connectivity index (χ1) is 14.6. The van der Waals surface area contributed by atoms with E-state index in [0.29, 0.717) is 22.6 Å². The Morgan fingerprint density at radius 3 is 2.48 bits per heavy atom. The summed E-state index contributed by atoms with van der Waals surface area (Å²) in [5, 5.41) is 6.65. The summed E-state index contributed by atoms with van der Waals surface area (Å²) >= 11 is 0.712. The number of hydrogen-bond acceptors (Lipinski definition) is 5. The molecule has 0 aliphatic rings. The molecule has 0 unspecified atom stereocenters.